The van der Waals surface area contributed by atoms with Gasteiger partial charge in [-0.1, -0.05) is 29.3 Å². The van der Waals surface area contributed by atoms with Crippen LogP contribution < -0.4 is 5.32 Å². The molecule has 142 valence electrons. The minimum atomic E-state index is -0.447. The van der Waals surface area contributed by atoms with Crippen LogP contribution in [-0.4, -0.2) is 53.1 Å². The second-order valence-electron chi connectivity index (χ2n) is 6.27. The zero-order valence-electron chi connectivity index (χ0n) is 15.5. The highest BCUT2D eigenvalue weighted by Crippen LogP contribution is 2.20. The van der Waals surface area contributed by atoms with Crippen molar-refractivity contribution in [3.63, 3.8) is 0 Å². The number of unbranched alkanes of at least 4 members (excludes halogenated alkanes) is 1. The lowest BCUT2D eigenvalue weighted by atomic mass is 10.3. The van der Waals surface area contributed by atoms with E-state index in [2.05, 4.69) is 43.3 Å². The molecule has 0 aliphatic carbocycles. The minimum absolute atomic E-state index is 0.217. The van der Waals surface area contributed by atoms with Gasteiger partial charge in [0.15, 0.2) is 5.82 Å². The third-order valence-electron chi connectivity index (χ3n) is 3.65. The summed E-state index contributed by atoms with van der Waals surface area (Å²) >= 11 is 3.41. The van der Waals surface area contributed by atoms with Crippen molar-refractivity contribution < 1.29 is 9.53 Å². The molecular formula is C18H26BrN5O2. The van der Waals surface area contributed by atoms with Crippen LogP contribution in [0.2, 0.25) is 0 Å². The van der Waals surface area contributed by atoms with Crippen LogP contribution in [0.5, 0.6) is 0 Å². The summed E-state index contributed by atoms with van der Waals surface area (Å²) < 4.78 is 6.29. The van der Waals surface area contributed by atoms with Crippen molar-refractivity contribution >= 4 is 33.4 Å². The molecule has 0 amide bonds. The summed E-state index contributed by atoms with van der Waals surface area (Å²) in [4.78, 5) is 16.0. The highest BCUT2D eigenvalue weighted by molar-refractivity contribution is 9.10. The van der Waals surface area contributed by atoms with Gasteiger partial charge in [0.25, 0.3) is 0 Å². The van der Waals surface area contributed by atoms with Crippen molar-refractivity contribution in [3.8, 4) is 0 Å². The number of anilines is 2. The summed E-state index contributed by atoms with van der Waals surface area (Å²) in [6, 6.07) is 7.65. The lowest BCUT2D eigenvalue weighted by Gasteiger charge is -2.07. The van der Waals surface area contributed by atoms with E-state index in [1.54, 1.807) is 4.80 Å². The molecule has 0 bridgehead atoms. The first-order chi connectivity index (χ1) is 12.5. The highest BCUT2D eigenvalue weighted by atomic mass is 79.9. The Bertz CT molecular complexity index is 700. The minimum Gasteiger partial charge on any atom is -0.461 e. The van der Waals surface area contributed by atoms with Crippen molar-refractivity contribution in [3.05, 3.63) is 34.4 Å². The Morgan fingerprint density at radius 2 is 1.96 bits per heavy atom. The molecule has 8 heteroatoms. The molecule has 0 aliphatic rings. The Morgan fingerprint density at radius 3 is 2.62 bits per heavy atom. The third-order valence-corrected chi connectivity index (χ3v) is 4.18. The number of benzene rings is 1. The number of halogens is 1. The molecule has 1 heterocycles. The van der Waals surface area contributed by atoms with Crippen LogP contribution in [0.1, 0.15) is 36.7 Å². The topological polar surface area (TPSA) is 72.3 Å². The number of esters is 1. The molecule has 26 heavy (non-hydrogen) atoms. The van der Waals surface area contributed by atoms with Gasteiger partial charge in [-0.2, -0.15) is 4.80 Å². The summed E-state index contributed by atoms with van der Waals surface area (Å²) in [5.41, 5.74) is 1.05. The average Bonchev–Trinajstić information content (AvgIpc) is 2.99. The number of carbonyl (C=O) groups is 1. The van der Waals surface area contributed by atoms with Crippen molar-refractivity contribution in [2.75, 3.05) is 32.6 Å². The average molecular weight is 424 g/mol. The summed E-state index contributed by atoms with van der Waals surface area (Å²) in [7, 11) is 4.04. The number of aromatic nitrogens is 3. The second kappa shape index (κ2) is 10.3. The Hall–Kier alpha value is -1.93. The van der Waals surface area contributed by atoms with Gasteiger partial charge < -0.3 is 15.0 Å². The van der Waals surface area contributed by atoms with Crippen LogP contribution in [0.15, 0.2) is 28.7 Å². The van der Waals surface area contributed by atoms with Gasteiger partial charge in [-0.3, -0.25) is 0 Å². The lowest BCUT2D eigenvalue weighted by molar-refractivity contribution is 0.0493. The molecule has 0 spiro atoms. The van der Waals surface area contributed by atoms with Gasteiger partial charge in [0, 0.05) is 10.2 Å². The van der Waals surface area contributed by atoms with Crippen LogP contribution in [0.25, 0.3) is 0 Å². The maximum Gasteiger partial charge on any atom is 0.362 e. The number of hydrogen-bond donors (Lipinski definition) is 1. The zero-order chi connectivity index (χ0) is 18.9. The molecule has 0 aliphatic heterocycles. The van der Waals surface area contributed by atoms with Gasteiger partial charge in [0.2, 0.25) is 5.69 Å². The van der Waals surface area contributed by atoms with E-state index in [0.29, 0.717) is 19.0 Å². The number of nitrogens with one attached hydrogen (secondary N) is 1. The fraction of sp³-hybridized carbons (Fsp3) is 0.500. The normalized spacial score (nSPS) is 11.0. The molecule has 1 N–H and O–H groups in total. The van der Waals surface area contributed by atoms with Crippen molar-refractivity contribution in [2.45, 2.75) is 32.7 Å². The fourth-order valence-electron chi connectivity index (χ4n) is 2.25. The number of ether oxygens (including phenoxy) is 1. The quantitative estimate of drug-likeness (QED) is 0.463. The van der Waals surface area contributed by atoms with Crippen LogP contribution in [0.4, 0.5) is 11.5 Å². The predicted molar refractivity (Wildman–Crippen MR) is 106 cm³/mol. The van der Waals surface area contributed by atoms with Crippen molar-refractivity contribution in [1.82, 2.24) is 19.9 Å². The van der Waals surface area contributed by atoms with Gasteiger partial charge in [-0.25, -0.2) is 4.79 Å². The zero-order valence-corrected chi connectivity index (χ0v) is 17.1. The van der Waals surface area contributed by atoms with Crippen LogP contribution in [-0.2, 0) is 11.3 Å². The molecule has 1 aromatic heterocycles. The Balaban J connectivity index is 2.14. The molecule has 1 aromatic carbocycles. The van der Waals surface area contributed by atoms with Gasteiger partial charge in [0.1, 0.15) is 0 Å². The maximum atomic E-state index is 12.4. The van der Waals surface area contributed by atoms with Crippen LogP contribution >= 0.6 is 15.9 Å². The summed E-state index contributed by atoms with van der Waals surface area (Å²) in [6.45, 7) is 4.00. The maximum absolute atomic E-state index is 12.4. The number of nitrogens with zero attached hydrogens (tertiary/aromatic N) is 4. The molecule has 0 atom stereocenters. The summed E-state index contributed by atoms with van der Waals surface area (Å²) in [5.74, 6) is -0.0319. The van der Waals surface area contributed by atoms with E-state index in [4.69, 9.17) is 4.74 Å². The first-order valence-electron chi connectivity index (χ1n) is 8.79. The summed E-state index contributed by atoms with van der Waals surface area (Å²) in [6.07, 6.45) is 2.69. The van der Waals surface area contributed by atoms with E-state index < -0.39 is 5.97 Å². The Labute approximate surface area is 162 Å². The Morgan fingerprint density at radius 1 is 1.23 bits per heavy atom. The van der Waals surface area contributed by atoms with Crippen molar-refractivity contribution in [1.29, 1.82) is 0 Å². The van der Waals surface area contributed by atoms with E-state index in [-0.39, 0.29) is 5.69 Å². The molecule has 0 radical (unpaired) electrons. The molecule has 0 unspecified atom stereocenters. The molecule has 0 saturated heterocycles. The summed E-state index contributed by atoms with van der Waals surface area (Å²) in [5, 5.41) is 11.9. The van der Waals surface area contributed by atoms with Crippen LogP contribution in [0.3, 0.4) is 0 Å². The first-order valence-corrected chi connectivity index (χ1v) is 9.58. The second-order valence-corrected chi connectivity index (χ2v) is 7.19. The van der Waals surface area contributed by atoms with E-state index in [1.165, 1.54) is 0 Å². The number of hydrogen-bond acceptors (Lipinski definition) is 6. The van der Waals surface area contributed by atoms with E-state index >= 15 is 0 Å². The monoisotopic (exact) mass is 423 g/mol. The van der Waals surface area contributed by atoms with E-state index in [9.17, 15) is 4.79 Å². The molecule has 2 rings (SSSR count). The van der Waals surface area contributed by atoms with Gasteiger partial charge >= 0.3 is 5.97 Å². The molecule has 0 fully saturated rings. The largest absolute Gasteiger partial charge is 0.461 e. The van der Waals surface area contributed by atoms with Gasteiger partial charge in [-0.05, 0) is 57.7 Å². The number of rotatable bonds is 10. The first kappa shape index (κ1) is 20.4. The molecule has 2 aromatic rings. The fourth-order valence-corrected chi connectivity index (χ4v) is 2.51. The molecule has 0 saturated carbocycles. The Kier molecular flexibility index (Phi) is 8.06. The number of aryl methyl sites for hydroxylation is 1. The standard InChI is InChI=1S/C18H26BrN5O2/c1-4-5-13-26-18(25)16-17(20-15-9-7-14(19)8-10-15)22-24(21-16)12-6-11-23(2)3/h7-10H,4-6,11-13H2,1-3H3,(H,20,22). The molecular weight excluding hydrogens is 398 g/mol. The van der Waals surface area contributed by atoms with E-state index in [0.717, 1.165) is 36.0 Å². The predicted octanol–water partition coefficient (Wildman–Crippen LogP) is 3.69. The third kappa shape index (κ3) is 6.42. The van der Waals surface area contributed by atoms with Gasteiger partial charge in [0.05, 0.1) is 13.2 Å². The van der Waals surface area contributed by atoms with Gasteiger partial charge in [-0.15, -0.1) is 10.2 Å². The van der Waals surface area contributed by atoms with Crippen molar-refractivity contribution in [2.24, 2.45) is 0 Å². The van der Waals surface area contributed by atoms with E-state index in [1.807, 2.05) is 38.4 Å². The highest BCUT2D eigenvalue weighted by Gasteiger charge is 2.20. The van der Waals surface area contributed by atoms with Crippen LogP contribution in [0, 0.1) is 0 Å². The SMILES string of the molecule is CCCCOC(=O)c1nn(CCCN(C)C)nc1Nc1ccc(Br)cc1. The number of carbonyl (C=O) groups excluding carboxylic acids is 1. The lowest BCUT2D eigenvalue weighted by Crippen LogP contribution is -2.16. The smallest absolute Gasteiger partial charge is 0.362 e. The molecule has 7 nitrogen and oxygen atoms in total.